The third-order valence-corrected chi connectivity index (χ3v) is 5.96. The lowest BCUT2D eigenvalue weighted by Gasteiger charge is -2.33. The summed E-state index contributed by atoms with van der Waals surface area (Å²) in [5.41, 5.74) is 1.90. The van der Waals surface area contributed by atoms with Gasteiger partial charge in [0, 0.05) is 54.6 Å². The maximum atomic E-state index is 11.9. The summed E-state index contributed by atoms with van der Waals surface area (Å²) in [6.45, 7) is 9.45. The second-order valence-electron chi connectivity index (χ2n) is 8.26. The molecule has 30 heavy (non-hydrogen) atoms. The van der Waals surface area contributed by atoms with Crippen LogP contribution in [0.1, 0.15) is 36.7 Å². The SMILES string of the molecule is Cc1c(C)c2ccc(OCC(C)NC3CCN(Cc4ncc[nH]4)CC3)cc2oc1=O. The van der Waals surface area contributed by atoms with Gasteiger partial charge in [-0.3, -0.25) is 4.90 Å². The van der Waals surface area contributed by atoms with Crippen molar-refractivity contribution in [3.63, 3.8) is 0 Å². The standard InChI is InChI=1S/C23H30N4O3/c1-15(26-18-6-10-27(11-7-18)13-22-24-8-9-25-22)14-29-19-4-5-20-16(2)17(3)23(28)30-21(20)12-19/h4-5,8-9,12,15,18,26H,6-7,10-11,13-14H2,1-3H3,(H,24,25). The summed E-state index contributed by atoms with van der Waals surface area (Å²) >= 11 is 0. The number of nitrogens with one attached hydrogen (secondary N) is 2. The van der Waals surface area contributed by atoms with E-state index in [-0.39, 0.29) is 11.7 Å². The number of piperidine rings is 1. The third-order valence-electron chi connectivity index (χ3n) is 5.96. The number of likely N-dealkylation sites (tertiary alicyclic amines) is 1. The molecule has 1 saturated heterocycles. The summed E-state index contributed by atoms with van der Waals surface area (Å²) in [5, 5.41) is 4.63. The molecule has 0 spiro atoms. The van der Waals surface area contributed by atoms with E-state index in [0.29, 0.717) is 23.8 Å². The molecule has 1 unspecified atom stereocenters. The fourth-order valence-corrected chi connectivity index (χ4v) is 4.04. The molecule has 0 saturated carbocycles. The molecular formula is C23H30N4O3. The predicted octanol–water partition coefficient (Wildman–Crippen LogP) is 3.15. The number of ether oxygens (including phenoxy) is 1. The van der Waals surface area contributed by atoms with Crippen LogP contribution in [0.5, 0.6) is 5.75 Å². The van der Waals surface area contributed by atoms with E-state index in [4.69, 9.17) is 9.15 Å². The summed E-state index contributed by atoms with van der Waals surface area (Å²) in [4.78, 5) is 21.9. The second-order valence-corrected chi connectivity index (χ2v) is 8.26. The summed E-state index contributed by atoms with van der Waals surface area (Å²) in [6, 6.07) is 6.44. The van der Waals surface area contributed by atoms with Gasteiger partial charge in [-0.15, -0.1) is 0 Å². The summed E-state index contributed by atoms with van der Waals surface area (Å²) in [7, 11) is 0. The molecule has 1 aliphatic rings. The minimum absolute atomic E-state index is 0.231. The maximum absolute atomic E-state index is 11.9. The molecule has 1 atom stereocenters. The molecule has 3 aromatic rings. The summed E-state index contributed by atoms with van der Waals surface area (Å²) < 4.78 is 11.4. The lowest BCUT2D eigenvalue weighted by molar-refractivity contribution is 0.172. The third kappa shape index (κ3) is 4.74. The van der Waals surface area contributed by atoms with Gasteiger partial charge >= 0.3 is 5.63 Å². The number of aromatic amines is 1. The fourth-order valence-electron chi connectivity index (χ4n) is 4.04. The number of imidazole rings is 1. The van der Waals surface area contributed by atoms with Gasteiger partial charge in [0.15, 0.2) is 0 Å². The fraction of sp³-hybridized carbons (Fsp3) is 0.478. The van der Waals surface area contributed by atoms with Crippen LogP contribution in [0.3, 0.4) is 0 Å². The number of hydrogen-bond acceptors (Lipinski definition) is 6. The second kappa shape index (κ2) is 9.02. The number of aromatic nitrogens is 2. The van der Waals surface area contributed by atoms with Crippen LogP contribution in [0.25, 0.3) is 11.0 Å². The highest BCUT2D eigenvalue weighted by Crippen LogP contribution is 2.24. The Bertz CT molecular complexity index is 1040. The van der Waals surface area contributed by atoms with Crippen molar-refractivity contribution < 1.29 is 9.15 Å². The van der Waals surface area contributed by atoms with Gasteiger partial charge in [-0.05, 0) is 51.3 Å². The number of aryl methyl sites for hydroxylation is 1. The molecule has 1 fully saturated rings. The van der Waals surface area contributed by atoms with Crippen molar-refractivity contribution >= 4 is 11.0 Å². The quantitative estimate of drug-likeness (QED) is 0.582. The first-order valence-electron chi connectivity index (χ1n) is 10.6. The number of hydrogen-bond donors (Lipinski definition) is 2. The van der Waals surface area contributed by atoms with Gasteiger partial charge in [0.1, 0.15) is 23.8 Å². The minimum Gasteiger partial charge on any atom is -0.492 e. The van der Waals surface area contributed by atoms with Crippen molar-refractivity contribution in [3.8, 4) is 5.75 Å². The molecule has 0 aliphatic carbocycles. The molecule has 4 rings (SSSR count). The molecule has 7 heteroatoms. The van der Waals surface area contributed by atoms with Gasteiger partial charge in [-0.2, -0.15) is 0 Å². The summed E-state index contributed by atoms with van der Waals surface area (Å²) in [5.74, 6) is 1.75. The van der Waals surface area contributed by atoms with Crippen LogP contribution in [-0.4, -0.2) is 46.6 Å². The van der Waals surface area contributed by atoms with E-state index in [0.717, 1.165) is 55.0 Å². The van der Waals surface area contributed by atoms with Crippen molar-refractivity contribution in [1.29, 1.82) is 0 Å². The zero-order valence-electron chi connectivity index (χ0n) is 17.9. The molecule has 0 amide bonds. The van der Waals surface area contributed by atoms with Gasteiger partial charge in [0.25, 0.3) is 0 Å². The van der Waals surface area contributed by atoms with E-state index >= 15 is 0 Å². The first kappa shape index (κ1) is 20.6. The number of rotatable bonds is 7. The maximum Gasteiger partial charge on any atom is 0.339 e. The van der Waals surface area contributed by atoms with Crippen LogP contribution in [0.4, 0.5) is 0 Å². The van der Waals surface area contributed by atoms with Crippen molar-refractivity contribution in [1.82, 2.24) is 20.2 Å². The molecule has 0 bridgehead atoms. The average molecular weight is 411 g/mol. The van der Waals surface area contributed by atoms with E-state index in [1.807, 2.05) is 31.3 Å². The van der Waals surface area contributed by atoms with Crippen LogP contribution < -0.4 is 15.7 Å². The van der Waals surface area contributed by atoms with Crippen LogP contribution >= 0.6 is 0 Å². The monoisotopic (exact) mass is 410 g/mol. The zero-order chi connectivity index (χ0) is 21.1. The Hall–Kier alpha value is -2.64. The number of H-pyrrole nitrogens is 1. The van der Waals surface area contributed by atoms with E-state index in [1.165, 1.54) is 0 Å². The highest BCUT2D eigenvalue weighted by Gasteiger charge is 2.21. The van der Waals surface area contributed by atoms with E-state index in [2.05, 4.69) is 27.1 Å². The minimum atomic E-state index is -0.287. The Labute approximate surface area is 176 Å². The Morgan fingerprint density at radius 3 is 2.83 bits per heavy atom. The predicted molar refractivity (Wildman–Crippen MR) is 117 cm³/mol. The van der Waals surface area contributed by atoms with Crippen molar-refractivity contribution in [2.24, 2.45) is 0 Å². The molecule has 0 radical (unpaired) electrons. The number of benzene rings is 1. The molecule has 2 N–H and O–H groups in total. The van der Waals surface area contributed by atoms with Crippen molar-refractivity contribution in [2.45, 2.75) is 52.2 Å². The van der Waals surface area contributed by atoms with Crippen molar-refractivity contribution in [2.75, 3.05) is 19.7 Å². The first-order valence-corrected chi connectivity index (χ1v) is 10.6. The van der Waals surface area contributed by atoms with E-state index in [9.17, 15) is 4.79 Å². The van der Waals surface area contributed by atoms with Gasteiger partial charge in [-0.1, -0.05) is 0 Å². The lowest BCUT2D eigenvalue weighted by Crippen LogP contribution is -2.46. The molecule has 1 aromatic carbocycles. The van der Waals surface area contributed by atoms with Gasteiger partial charge in [-0.25, -0.2) is 9.78 Å². The summed E-state index contributed by atoms with van der Waals surface area (Å²) in [6.07, 6.45) is 5.91. The van der Waals surface area contributed by atoms with Crippen molar-refractivity contribution in [3.05, 3.63) is 58.0 Å². The normalized spacial score (nSPS) is 16.8. The Kier molecular flexibility index (Phi) is 6.20. The number of fused-ring (bicyclic) bond motifs is 1. The van der Waals surface area contributed by atoms with Crippen LogP contribution in [0.15, 0.2) is 39.8 Å². The molecule has 160 valence electrons. The zero-order valence-corrected chi connectivity index (χ0v) is 17.9. The Balaban J connectivity index is 1.26. The van der Waals surface area contributed by atoms with Crippen LogP contribution in [-0.2, 0) is 6.54 Å². The largest absolute Gasteiger partial charge is 0.492 e. The Morgan fingerprint density at radius 2 is 2.10 bits per heavy atom. The van der Waals surface area contributed by atoms with E-state index < -0.39 is 0 Å². The highest BCUT2D eigenvalue weighted by molar-refractivity contribution is 5.82. The van der Waals surface area contributed by atoms with Gasteiger partial charge in [0.2, 0.25) is 0 Å². The number of nitrogens with zero attached hydrogens (tertiary/aromatic N) is 2. The Morgan fingerprint density at radius 1 is 1.30 bits per heavy atom. The van der Waals surface area contributed by atoms with Gasteiger partial charge < -0.3 is 19.5 Å². The van der Waals surface area contributed by atoms with Crippen LogP contribution in [0, 0.1) is 13.8 Å². The molecule has 3 heterocycles. The smallest absolute Gasteiger partial charge is 0.339 e. The lowest BCUT2D eigenvalue weighted by atomic mass is 10.0. The highest BCUT2D eigenvalue weighted by atomic mass is 16.5. The van der Waals surface area contributed by atoms with Crippen LogP contribution in [0.2, 0.25) is 0 Å². The molecular weight excluding hydrogens is 380 g/mol. The molecule has 2 aromatic heterocycles. The van der Waals surface area contributed by atoms with E-state index in [1.54, 1.807) is 13.1 Å². The average Bonchev–Trinajstić information content (AvgIpc) is 3.25. The molecule has 1 aliphatic heterocycles. The first-order chi connectivity index (χ1) is 14.5. The molecule has 7 nitrogen and oxygen atoms in total. The topological polar surface area (TPSA) is 83.4 Å². The van der Waals surface area contributed by atoms with Gasteiger partial charge in [0.05, 0.1) is 6.54 Å².